The Hall–Kier alpha value is -0.110. The lowest BCUT2D eigenvalue weighted by Crippen LogP contribution is -1.74. The van der Waals surface area contributed by atoms with Crippen molar-refractivity contribution in [1.82, 2.24) is 0 Å². The molecule has 0 aliphatic rings. The first-order valence-corrected chi connectivity index (χ1v) is 1.06. The van der Waals surface area contributed by atoms with Crippen LogP contribution in [0.25, 0.3) is 0 Å². The van der Waals surface area contributed by atoms with Gasteiger partial charge < -0.3 is 0 Å². The van der Waals surface area contributed by atoms with Gasteiger partial charge in [0.2, 0.25) is 0 Å². The van der Waals surface area contributed by atoms with E-state index in [-0.39, 0.29) is 0 Å². The second kappa shape index (κ2) is 2.89. The molecule has 0 aliphatic carbocycles. The van der Waals surface area contributed by atoms with E-state index >= 15 is 0 Å². The molecular formula is C2H4FO. The number of rotatable bonds is 1. The lowest BCUT2D eigenvalue weighted by atomic mass is 10.9. The zero-order chi connectivity index (χ0) is 3.41. The molecule has 0 aliphatic heterocycles. The van der Waals surface area contributed by atoms with Gasteiger partial charge in [-0.25, -0.2) is 9.50 Å². The van der Waals surface area contributed by atoms with Gasteiger partial charge in [-0.15, -0.1) is 0 Å². The molecule has 4 heavy (non-hydrogen) atoms. The second-order valence-corrected chi connectivity index (χ2v) is 0.393. The molecule has 0 N–H and O–H groups in total. The van der Waals surface area contributed by atoms with E-state index in [0.29, 0.717) is 0 Å². The fourth-order valence-corrected chi connectivity index (χ4v) is 0. The Balaban J connectivity index is 1.97. The van der Waals surface area contributed by atoms with Gasteiger partial charge in [0.05, 0.1) is 0 Å². The standard InChI is InChI=1S/C2H4FO/c3-1-2-4/h1-2H2. The molecule has 0 amide bonds. The van der Waals surface area contributed by atoms with E-state index in [1.807, 2.05) is 0 Å². The monoisotopic (exact) mass is 63.0 g/mol. The Morgan fingerprint density at radius 1 is 1.75 bits per heavy atom. The summed E-state index contributed by atoms with van der Waals surface area (Å²) in [7, 11) is 0. The summed E-state index contributed by atoms with van der Waals surface area (Å²) < 4.78 is 10.4. The quantitative estimate of drug-likeness (QED) is 0.419. The van der Waals surface area contributed by atoms with E-state index in [2.05, 4.69) is 0 Å². The Kier molecular flexibility index (Phi) is 2.81. The summed E-state index contributed by atoms with van der Waals surface area (Å²) in [6.45, 7) is -1.33. The number of hydrogen-bond donors (Lipinski definition) is 0. The molecule has 0 spiro atoms. The van der Waals surface area contributed by atoms with Crippen LogP contribution in [0.3, 0.4) is 0 Å². The van der Waals surface area contributed by atoms with Crippen LogP contribution in [0.15, 0.2) is 0 Å². The van der Waals surface area contributed by atoms with Crippen LogP contribution in [0.5, 0.6) is 0 Å². The van der Waals surface area contributed by atoms with Crippen LogP contribution in [0.2, 0.25) is 0 Å². The normalized spacial score (nSPS) is 7.50. The van der Waals surface area contributed by atoms with Gasteiger partial charge in [-0.05, 0) is 0 Å². The first-order valence-electron chi connectivity index (χ1n) is 1.06. The molecule has 0 bridgehead atoms. The molecule has 0 saturated heterocycles. The van der Waals surface area contributed by atoms with Crippen LogP contribution in [-0.4, -0.2) is 13.3 Å². The molecule has 25 valence electrons. The highest BCUT2D eigenvalue weighted by Crippen LogP contribution is 1.55. The van der Waals surface area contributed by atoms with Crippen molar-refractivity contribution < 1.29 is 9.50 Å². The van der Waals surface area contributed by atoms with E-state index in [1.165, 1.54) is 0 Å². The molecule has 0 aromatic rings. The van der Waals surface area contributed by atoms with Crippen LogP contribution in [0.1, 0.15) is 0 Å². The maximum Gasteiger partial charge on any atom is 0.116 e. The van der Waals surface area contributed by atoms with E-state index in [4.69, 9.17) is 5.11 Å². The van der Waals surface area contributed by atoms with Crippen molar-refractivity contribution in [2.24, 2.45) is 0 Å². The maximum absolute atomic E-state index is 10.4. The van der Waals surface area contributed by atoms with Crippen LogP contribution in [0.4, 0.5) is 4.39 Å². The predicted molar refractivity (Wildman–Crippen MR) is 11.5 cm³/mol. The summed E-state index contributed by atoms with van der Waals surface area (Å²) in [6.07, 6.45) is 0. The highest BCUT2D eigenvalue weighted by atomic mass is 19.1. The van der Waals surface area contributed by atoms with Crippen molar-refractivity contribution in [2.75, 3.05) is 13.3 Å². The first kappa shape index (κ1) is 3.89. The average Bonchev–Trinajstić information content (AvgIpc) is 1.37. The minimum Gasteiger partial charge on any atom is -0.248 e. The number of halogens is 1. The molecule has 0 atom stereocenters. The third-order valence-electron chi connectivity index (χ3n) is 0.0772. The molecule has 1 radical (unpaired) electrons. The van der Waals surface area contributed by atoms with E-state index in [0.717, 1.165) is 0 Å². The zero-order valence-corrected chi connectivity index (χ0v) is 2.20. The van der Waals surface area contributed by atoms with Gasteiger partial charge in [0.25, 0.3) is 0 Å². The SMILES string of the molecule is [O]CCF. The minimum atomic E-state index is -0.736. The largest absolute Gasteiger partial charge is 0.248 e. The zero-order valence-electron chi connectivity index (χ0n) is 2.20. The van der Waals surface area contributed by atoms with Gasteiger partial charge in [-0.2, -0.15) is 0 Å². The van der Waals surface area contributed by atoms with E-state index in [9.17, 15) is 4.39 Å². The lowest BCUT2D eigenvalue weighted by molar-refractivity contribution is 0.168. The Labute approximate surface area is 24.1 Å². The average molecular weight is 63.1 g/mol. The third-order valence-corrected chi connectivity index (χ3v) is 0.0772. The van der Waals surface area contributed by atoms with Crippen LogP contribution in [0, 0.1) is 0 Å². The van der Waals surface area contributed by atoms with Gasteiger partial charge >= 0.3 is 0 Å². The number of alkyl halides is 1. The number of hydrogen-bond acceptors (Lipinski definition) is 0. The van der Waals surface area contributed by atoms with E-state index in [1.54, 1.807) is 0 Å². The van der Waals surface area contributed by atoms with E-state index < -0.39 is 13.3 Å². The molecule has 0 rings (SSSR count). The molecule has 0 fully saturated rings. The molecular weight excluding hydrogens is 59.0 g/mol. The third kappa shape index (κ3) is 1.89. The molecule has 0 unspecified atom stereocenters. The molecule has 0 aromatic carbocycles. The van der Waals surface area contributed by atoms with Crippen molar-refractivity contribution in [3.05, 3.63) is 0 Å². The predicted octanol–water partition coefficient (Wildman–Crippen LogP) is 0.386. The summed E-state index contributed by atoms with van der Waals surface area (Å²) in [5.41, 5.74) is 0. The molecule has 0 heterocycles. The van der Waals surface area contributed by atoms with Gasteiger partial charge in [0.15, 0.2) is 0 Å². The molecule has 1 nitrogen and oxygen atoms in total. The highest BCUT2D eigenvalue weighted by molar-refractivity contribution is 4.07. The van der Waals surface area contributed by atoms with Crippen molar-refractivity contribution in [1.29, 1.82) is 0 Å². The first-order chi connectivity index (χ1) is 1.91. The van der Waals surface area contributed by atoms with Gasteiger partial charge in [-0.1, -0.05) is 0 Å². The van der Waals surface area contributed by atoms with Gasteiger partial charge in [-0.3, -0.25) is 0 Å². The van der Waals surface area contributed by atoms with Gasteiger partial charge in [0, 0.05) is 0 Å². The Morgan fingerprint density at radius 3 is 2.00 bits per heavy atom. The fraction of sp³-hybridized carbons (Fsp3) is 1.00. The van der Waals surface area contributed by atoms with Crippen LogP contribution in [-0.2, 0) is 5.11 Å². The second-order valence-electron chi connectivity index (χ2n) is 0.393. The van der Waals surface area contributed by atoms with Crippen molar-refractivity contribution in [3.8, 4) is 0 Å². The smallest absolute Gasteiger partial charge is 0.116 e. The summed E-state index contributed by atoms with van der Waals surface area (Å²) in [5, 5.41) is 8.92. The summed E-state index contributed by atoms with van der Waals surface area (Å²) >= 11 is 0. The summed E-state index contributed by atoms with van der Waals surface area (Å²) in [4.78, 5) is 0. The van der Waals surface area contributed by atoms with Crippen LogP contribution >= 0.6 is 0 Å². The van der Waals surface area contributed by atoms with Crippen LogP contribution < -0.4 is 0 Å². The van der Waals surface area contributed by atoms with Crippen molar-refractivity contribution in [3.63, 3.8) is 0 Å². The van der Waals surface area contributed by atoms with Crippen molar-refractivity contribution >= 4 is 0 Å². The topological polar surface area (TPSA) is 19.9 Å². The lowest BCUT2D eigenvalue weighted by Gasteiger charge is -1.61. The summed E-state index contributed by atoms with van der Waals surface area (Å²) in [5.74, 6) is 0. The molecule has 0 saturated carbocycles. The minimum absolute atomic E-state index is 0.597. The Morgan fingerprint density at radius 2 is 2.00 bits per heavy atom. The Bertz CT molecular complexity index is 8.00. The highest BCUT2D eigenvalue weighted by Gasteiger charge is 1.64. The molecule has 2 heteroatoms. The van der Waals surface area contributed by atoms with Gasteiger partial charge in [0.1, 0.15) is 13.3 Å². The van der Waals surface area contributed by atoms with Crippen molar-refractivity contribution in [2.45, 2.75) is 0 Å². The fourth-order valence-electron chi connectivity index (χ4n) is 0. The summed E-state index contributed by atoms with van der Waals surface area (Å²) in [6, 6.07) is 0. The molecule has 0 aromatic heterocycles. The maximum atomic E-state index is 10.4.